The number of benzene rings is 1. The Balaban J connectivity index is 1.34. The molecule has 1 fully saturated rings. The first kappa shape index (κ1) is 35.6. The first-order chi connectivity index (χ1) is 22.6. The predicted octanol–water partition coefficient (Wildman–Crippen LogP) is 4.03. The number of alkyl halides is 3. The van der Waals surface area contributed by atoms with Gasteiger partial charge in [0, 0.05) is 50.9 Å². The molecule has 1 aromatic heterocycles. The van der Waals surface area contributed by atoms with E-state index in [2.05, 4.69) is 4.98 Å². The Labute approximate surface area is 277 Å². The molecule has 48 heavy (non-hydrogen) atoms. The smallest absolute Gasteiger partial charge is 0.438 e. The molecule has 0 bridgehead atoms. The van der Waals surface area contributed by atoms with Crippen molar-refractivity contribution in [3.05, 3.63) is 41.2 Å². The number of rotatable bonds is 10. The van der Waals surface area contributed by atoms with E-state index in [4.69, 9.17) is 14.2 Å². The quantitative estimate of drug-likeness (QED) is 0.371. The van der Waals surface area contributed by atoms with E-state index in [1.807, 2.05) is 15.7 Å². The molecule has 0 spiro atoms. The van der Waals surface area contributed by atoms with Gasteiger partial charge in [-0.05, 0) is 51.3 Å². The second kappa shape index (κ2) is 14.4. The minimum absolute atomic E-state index is 0.0323. The van der Waals surface area contributed by atoms with Crippen LogP contribution in [-0.2, 0) is 45.0 Å². The lowest BCUT2D eigenvalue weighted by Crippen LogP contribution is -2.61. The van der Waals surface area contributed by atoms with Crippen LogP contribution in [0.5, 0.6) is 5.75 Å². The molecule has 2 unspecified atom stereocenters. The molecule has 3 aliphatic rings. The van der Waals surface area contributed by atoms with Gasteiger partial charge < -0.3 is 23.9 Å². The molecule has 0 aliphatic carbocycles. The van der Waals surface area contributed by atoms with Crippen LogP contribution in [0.4, 0.5) is 23.9 Å². The molecule has 264 valence electrons. The number of ether oxygens (including phenoxy) is 3. The van der Waals surface area contributed by atoms with Gasteiger partial charge in [0.05, 0.1) is 44.4 Å². The van der Waals surface area contributed by atoms with Gasteiger partial charge >= 0.3 is 24.1 Å². The maximum Gasteiger partial charge on any atom is 0.438 e. The number of anilines is 1. The van der Waals surface area contributed by atoms with Crippen molar-refractivity contribution in [2.75, 3.05) is 64.0 Å². The minimum atomic E-state index is -4.66. The summed E-state index contributed by atoms with van der Waals surface area (Å²) in [5.74, 6) is -2.10. The number of carbonyl (C=O) groups excluding carboxylic acids is 2. The lowest BCUT2D eigenvalue weighted by Gasteiger charge is -2.39. The summed E-state index contributed by atoms with van der Waals surface area (Å²) in [4.78, 5) is 46.6. The number of hydrogen-bond acceptors (Lipinski definition) is 8. The molecule has 1 aromatic carbocycles. The van der Waals surface area contributed by atoms with Crippen LogP contribution in [-0.4, -0.2) is 113 Å². The average molecular weight is 681 g/mol. The van der Waals surface area contributed by atoms with Crippen molar-refractivity contribution in [3.63, 3.8) is 0 Å². The molecule has 5 rings (SSSR count). The lowest BCUT2D eigenvalue weighted by atomic mass is 9.94. The molecule has 15 heteroatoms. The van der Waals surface area contributed by atoms with E-state index in [1.54, 1.807) is 39.0 Å². The summed E-state index contributed by atoms with van der Waals surface area (Å²) < 4.78 is 60.5. The topological polar surface area (TPSA) is 123 Å². The van der Waals surface area contributed by atoms with Crippen molar-refractivity contribution >= 4 is 23.9 Å². The Morgan fingerprint density at radius 3 is 2.54 bits per heavy atom. The van der Waals surface area contributed by atoms with Crippen molar-refractivity contribution in [2.24, 2.45) is 5.92 Å². The number of carboxylic acids is 1. The van der Waals surface area contributed by atoms with Crippen molar-refractivity contribution < 1.29 is 51.4 Å². The van der Waals surface area contributed by atoms with E-state index in [-0.39, 0.29) is 32.7 Å². The van der Waals surface area contributed by atoms with Gasteiger partial charge in [-0.15, -0.1) is 0 Å². The van der Waals surface area contributed by atoms with E-state index in [0.29, 0.717) is 74.3 Å². The number of hydrogen-bond donors (Lipinski definition) is 1. The standard InChI is InChI=1S/C33H44F3N5O7/c1-32(2,3)48-31(45)40-9-4-8-39-20-26(37-30(39)40)7-14-47-27-6-5-23-17-24(19-28(42)43)29(44)41(21-25(23)18-27,22-33(34,35)36)13-10-38-11-15-46-16-12-38/h5-6,18,20,24H,4,7-17,19,21-22H2,1-3H3/p+1. The SMILES string of the molecule is CC(C)(C)OC(=O)N1CCCn2cc(CCOc3ccc4c(c3)C[N+](CCN3CCOCC3)(CC(F)(F)F)C(=O)C(CC(=O)O)C4)nc21. The molecule has 2 atom stereocenters. The highest BCUT2D eigenvalue weighted by atomic mass is 19.4. The van der Waals surface area contributed by atoms with Gasteiger partial charge in [-0.3, -0.25) is 9.69 Å². The molecule has 2 amide bonds. The number of fused-ring (bicyclic) bond motifs is 2. The highest BCUT2D eigenvalue weighted by Gasteiger charge is 2.51. The number of imidazole rings is 1. The molecule has 1 N–H and O–H groups in total. The molecule has 12 nitrogen and oxygen atoms in total. The number of carbonyl (C=O) groups is 3. The summed E-state index contributed by atoms with van der Waals surface area (Å²) in [7, 11) is 0. The summed E-state index contributed by atoms with van der Waals surface area (Å²) in [6.07, 6.45) is -2.60. The zero-order chi connectivity index (χ0) is 34.7. The summed E-state index contributed by atoms with van der Waals surface area (Å²) in [6, 6.07) is 5.09. The summed E-state index contributed by atoms with van der Waals surface area (Å²) in [6.45, 7) is 7.37. The van der Waals surface area contributed by atoms with Gasteiger partial charge in [0.15, 0.2) is 6.54 Å². The van der Waals surface area contributed by atoms with Crippen LogP contribution in [0.3, 0.4) is 0 Å². The van der Waals surface area contributed by atoms with Gasteiger partial charge in [-0.25, -0.2) is 24.0 Å². The van der Waals surface area contributed by atoms with Crippen LogP contribution in [0.1, 0.15) is 50.4 Å². The third-order valence-electron chi connectivity index (χ3n) is 8.85. The van der Waals surface area contributed by atoms with Crippen LogP contribution < -0.4 is 9.64 Å². The fourth-order valence-corrected chi connectivity index (χ4v) is 6.68. The van der Waals surface area contributed by atoms with E-state index < -0.39 is 53.1 Å². The van der Waals surface area contributed by atoms with E-state index >= 15 is 0 Å². The highest BCUT2D eigenvalue weighted by Crippen LogP contribution is 2.35. The molecule has 3 aliphatic heterocycles. The van der Waals surface area contributed by atoms with Gasteiger partial charge in [-0.2, -0.15) is 13.2 Å². The third kappa shape index (κ3) is 9.05. The Morgan fingerprint density at radius 1 is 1.10 bits per heavy atom. The fourth-order valence-electron chi connectivity index (χ4n) is 6.68. The summed E-state index contributed by atoms with van der Waals surface area (Å²) in [5, 5.41) is 9.58. The third-order valence-corrected chi connectivity index (χ3v) is 8.85. The Bertz CT molecular complexity index is 1480. The number of morpholine rings is 1. The van der Waals surface area contributed by atoms with Crippen LogP contribution in [0.25, 0.3) is 0 Å². The molecule has 4 heterocycles. The molecule has 1 saturated heterocycles. The van der Waals surface area contributed by atoms with Crippen molar-refractivity contribution in [2.45, 2.75) is 71.3 Å². The van der Waals surface area contributed by atoms with Crippen LogP contribution >= 0.6 is 0 Å². The van der Waals surface area contributed by atoms with Crippen molar-refractivity contribution in [1.29, 1.82) is 0 Å². The first-order valence-corrected chi connectivity index (χ1v) is 16.4. The summed E-state index contributed by atoms with van der Waals surface area (Å²) >= 11 is 0. The number of halogens is 3. The summed E-state index contributed by atoms with van der Waals surface area (Å²) in [5.41, 5.74) is 1.24. The molecule has 0 saturated carbocycles. The van der Waals surface area contributed by atoms with E-state index in [1.165, 1.54) is 4.90 Å². The number of nitrogens with zero attached hydrogens (tertiary/aromatic N) is 5. The van der Waals surface area contributed by atoms with Crippen LogP contribution in [0.15, 0.2) is 24.4 Å². The number of aliphatic carboxylic acids is 1. The monoisotopic (exact) mass is 680 g/mol. The largest absolute Gasteiger partial charge is 0.493 e. The zero-order valence-electron chi connectivity index (χ0n) is 27.8. The second-order valence-corrected chi connectivity index (χ2v) is 13.8. The van der Waals surface area contributed by atoms with Crippen molar-refractivity contribution in [1.82, 2.24) is 14.5 Å². The average Bonchev–Trinajstić information content (AvgIpc) is 3.38. The number of amides is 2. The number of carboxylic acid groups (broad SMARTS) is 1. The van der Waals surface area contributed by atoms with Gasteiger partial charge in [0.2, 0.25) is 5.95 Å². The second-order valence-electron chi connectivity index (χ2n) is 13.8. The van der Waals surface area contributed by atoms with E-state index in [9.17, 15) is 32.7 Å². The molecular formula is C33H45F3N5O7+. The molecule has 2 aromatic rings. The van der Waals surface area contributed by atoms with Gasteiger partial charge in [0.1, 0.15) is 17.9 Å². The lowest BCUT2D eigenvalue weighted by molar-refractivity contribution is -0.879. The first-order valence-electron chi connectivity index (χ1n) is 16.4. The van der Waals surface area contributed by atoms with Crippen molar-refractivity contribution in [3.8, 4) is 5.75 Å². The zero-order valence-corrected chi connectivity index (χ0v) is 27.8. The van der Waals surface area contributed by atoms with Gasteiger partial charge in [-0.1, -0.05) is 6.07 Å². The molecule has 0 radical (unpaired) electrons. The maximum absolute atomic E-state index is 14.2. The fraction of sp³-hybridized carbons (Fsp3) is 0.636. The Hall–Kier alpha value is -3.69. The minimum Gasteiger partial charge on any atom is -0.493 e. The predicted molar refractivity (Wildman–Crippen MR) is 168 cm³/mol. The number of aromatic nitrogens is 2. The Morgan fingerprint density at radius 2 is 1.85 bits per heavy atom. The van der Waals surface area contributed by atoms with Gasteiger partial charge in [0.25, 0.3) is 0 Å². The number of aryl methyl sites for hydroxylation is 1. The molecular weight excluding hydrogens is 635 g/mol. The van der Waals surface area contributed by atoms with Crippen LogP contribution in [0, 0.1) is 5.92 Å². The number of quaternary nitrogens is 1. The highest BCUT2D eigenvalue weighted by molar-refractivity contribution is 5.86. The van der Waals surface area contributed by atoms with E-state index in [0.717, 1.165) is 6.42 Å². The van der Waals surface area contributed by atoms with Crippen LogP contribution in [0.2, 0.25) is 0 Å². The normalized spacial score (nSPS) is 22.1. The maximum atomic E-state index is 14.2. The Kier molecular flexibility index (Phi) is 10.7.